The Balaban J connectivity index is 1.36. The number of nitrogens with zero attached hydrogens (tertiary/aromatic N) is 2. The van der Waals surface area contributed by atoms with Gasteiger partial charge in [-0.15, -0.1) is 0 Å². The number of carbonyl (C=O) groups excluding carboxylic acids is 1. The van der Waals surface area contributed by atoms with Gasteiger partial charge in [-0.25, -0.2) is 9.78 Å². The van der Waals surface area contributed by atoms with Crippen molar-refractivity contribution in [3.05, 3.63) is 102 Å². The number of rotatable bonds is 6. The molecular formula is C30H26N4O4. The van der Waals surface area contributed by atoms with E-state index in [0.29, 0.717) is 28.6 Å². The highest BCUT2D eigenvalue weighted by Crippen LogP contribution is 2.29. The van der Waals surface area contributed by atoms with E-state index in [1.54, 1.807) is 24.4 Å². The normalized spacial score (nSPS) is 11.3. The van der Waals surface area contributed by atoms with Crippen LogP contribution in [0.1, 0.15) is 47.2 Å². The third-order valence-electron chi connectivity index (χ3n) is 6.08. The number of aromatic carboxylic acids is 1. The number of imidazole rings is 1. The Morgan fingerprint density at radius 3 is 2.45 bits per heavy atom. The van der Waals surface area contributed by atoms with E-state index in [9.17, 15) is 9.59 Å². The Morgan fingerprint density at radius 2 is 1.68 bits per heavy atom. The summed E-state index contributed by atoms with van der Waals surface area (Å²) < 4.78 is 6.05. The topological polar surface area (TPSA) is 117 Å². The van der Waals surface area contributed by atoms with Crippen molar-refractivity contribution in [2.45, 2.75) is 26.2 Å². The highest BCUT2D eigenvalue weighted by Gasteiger charge is 2.15. The summed E-state index contributed by atoms with van der Waals surface area (Å²) in [5, 5.41) is 13.9. The molecule has 0 aliphatic heterocycles. The van der Waals surface area contributed by atoms with Crippen LogP contribution in [-0.4, -0.2) is 31.9 Å². The van der Waals surface area contributed by atoms with Gasteiger partial charge in [0.1, 0.15) is 22.9 Å². The van der Waals surface area contributed by atoms with Gasteiger partial charge in [0.05, 0.1) is 6.20 Å². The van der Waals surface area contributed by atoms with Gasteiger partial charge in [-0.2, -0.15) is 0 Å². The Hall–Kier alpha value is -4.98. The molecule has 0 atom stereocenters. The van der Waals surface area contributed by atoms with Crippen LogP contribution < -0.4 is 10.1 Å². The average Bonchev–Trinajstić information content (AvgIpc) is 3.39. The quantitative estimate of drug-likeness (QED) is 0.237. The van der Waals surface area contributed by atoms with Crippen LogP contribution in [0.25, 0.3) is 22.3 Å². The third-order valence-corrected chi connectivity index (χ3v) is 6.08. The second-order valence-electron chi connectivity index (χ2n) is 9.94. The first-order valence-electron chi connectivity index (χ1n) is 12.0. The van der Waals surface area contributed by atoms with Gasteiger partial charge in [0, 0.05) is 23.5 Å². The first-order valence-corrected chi connectivity index (χ1v) is 12.0. The van der Waals surface area contributed by atoms with Gasteiger partial charge >= 0.3 is 5.97 Å². The molecule has 0 aliphatic rings. The average molecular weight is 507 g/mol. The molecule has 1 amide bonds. The van der Waals surface area contributed by atoms with E-state index in [1.807, 2.05) is 48.5 Å². The fourth-order valence-corrected chi connectivity index (χ4v) is 4.00. The Labute approximate surface area is 219 Å². The van der Waals surface area contributed by atoms with Crippen molar-refractivity contribution < 1.29 is 19.4 Å². The van der Waals surface area contributed by atoms with E-state index < -0.39 is 5.97 Å². The number of pyridine rings is 1. The minimum Gasteiger partial charge on any atom is -0.477 e. The number of fused-ring (bicyclic) bond motifs is 1. The number of carbonyl (C=O) groups is 2. The number of ether oxygens (including phenoxy) is 1. The monoisotopic (exact) mass is 506 g/mol. The van der Waals surface area contributed by atoms with Crippen LogP contribution in [0.2, 0.25) is 0 Å². The van der Waals surface area contributed by atoms with Crippen LogP contribution in [0.15, 0.2) is 85.2 Å². The summed E-state index contributed by atoms with van der Waals surface area (Å²) in [6.45, 7) is 6.40. The highest BCUT2D eigenvalue weighted by molar-refractivity contribution is 6.06. The molecule has 3 aromatic carbocycles. The predicted octanol–water partition coefficient (Wildman–Crippen LogP) is 6.67. The number of nitrogens with one attached hydrogen (secondary N) is 2. The van der Waals surface area contributed by atoms with Crippen LogP contribution in [0.3, 0.4) is 0 Å². The van der Waals surface area contributed by atoms with Crippen LogP contribution >= 0.6 is 0 Å². The number of carboxylic acid groups (broad SMARTS) is 1. The highest BCUT2D eigenvalue weighted by atomic mass is 16.5. The summed E-state index contributed by atoms with van der Waals surface area (Å²) in [6, 6.07) is 22.4. The van der Waals surface area contributed by atoms with Gasteiger partial charge in [0.25, 0.3) is 5.91 Å². The predicted molar refractivity (Wildman–Crippen MR) is 146 cm³/mol. The second kappa shape index (κ2) is 9.82. The number of amides is 1. The minimum atomic E-state index is -1.10. The molecule has 0 radical (unpaired) electrons. The van der Waals surface area contributed by atoms with E-state index >= 15 is 0 Å². The van der Waals surface area contributed by atoms with Crippen molar-refractivity contribution in [3.8, 4) is 23.0 Å². The molecule has 8 heteroatoms. The zero-order valence-electron chi connectivity index (χ0n) is 21.1. The van der Waals surface area contributed by atoms with Gasteiger partial charge in [-0.05, 0) is 64.2 Å². The Bertz CT molecular complexity index is 1670. The van der Waals surface area contributed by atoms with Gasteiger partial charge in [-0.3, -0.25) is 9.78 Å². The molecule has 0 saturated carbocycles. The molecule has 5 aromatic rings. The van der Waals surface area contributed by atoms with E-state index in [-0.39, 0.29) is 17.0 Å². The molecule has 0 unspecified atom stereocenters. The molecular weight excluding hydrogens is 480 g/mol. The second-order valence-corrected chi connectivity index (χ2v) is 9.94. The summed E-state index contributed by atoms with van der Waals surface area (Å²) >= 11 is 0. The number of anilines is 1. The van der Waals surface area contributed by atoms with Crippen molar-refractivity contribution in [2.75, 3.05) is 5.32 Å². The fourth-order valence-electron chi connectivity index (χ4n) is 4.00. The number of H-pyrrole nitrogens is 1. The summed E-state index contributed by atoms with van der Waals surface area (Å²) in [7, 11) is 0. The number of carboxylic acids is 1. The van der Waals surface area contributed by atoms with Gasteiger partial charge in [0.2, 0.25) is 0 Å². The van der Waals surface area contributed by atoms with Crippen LogP contribution in [0.5, 0.6) is 11.5 Å². The van der Waals surface area contributed by atoms with E-state index in [2.05, 4.69) is 47.1 Å². The fraction of sp³-hybridized carbons (Fsp3) is 0.133. The Kier molecular flexibility index (Phi) is 6.38. The lowest BCUT2D eigenvalue weighted by molar-refractivity contribution is 0.0691. The van der Waals surface area contributed by atoms with Gasteiger partial charge < -0.3 is 20.1 Å². The van der Waals surface area contributed by atoms with Gasteiger partial charge in [0.15, 0.2) is 5.82 Å². The maximum absolute atomic E-state index is 13.0. The minimum absolute atomic E-state index is 0.0188. The smallest absolute Gasteiger partial charge is 0.353 e. The van der Waals surface area contributed by atoms with E-state index in [0.717, 1.165) is 22.0 Å². The molecule has 0 fully saturated rings. The van der Waals surface area contributed by atoms with Crippen LogP contribution in [0, 0.1) is 0 Å². The molecule has 3 N–H and O–H groups in total. The van der Waals surface area contributed by atoms with E-state index in [4.69, 9.17) is 9.84 Å². The Morgan fingerprint density at radius 1 is 0.895 bits per heavy atom. The summed E-state index contributed by atoms with van der Waals surface area (Å²) in [6.07, 6.45) is 2.80. The summed E-state index contributed by atoms with van der Waals surface area (Å²) in [5.74, 6) is 0.127. The molecule has 2 aromatic heterocycles. The number of hydrogen-bond donors (Lipinski definition) is 3. The van der Waals surface area contributed by atoms with Crippen molar-refractivity contribution >= 4 is 28.3 Å². The lowest BCUT2D eigenvalue weighted by Gasteiger charge is -2.20. The zero-order valence-corrected chi connectivity index (χ0v) is 21.1. The standard InChI is InChI=1S/C30H26N4O4/c1-30(2,3)21-5-4-6-22(15-21)33-28(35)19-8-7-18-9-10-23(14-20(18)13-19)38-24-11-12-31-25(16-24)27-32-17-26(34-27)29(36)37/h4-17H,1-3H3,(H,32,34)(H,33,35)(H,36,37). The number of benzene rings is 3. The van der Waals surface area contributed by atoms with Crippen LogP contribution in [-0.2, 0) is 5.41 Å². The molecule has 38 heavy (non-hydrogen) atoms. The SMILES string of the molecule is CC(C)(C)c1cccc(NC(=O)c2ccc3ccc(Oc4ccnc(-c5ncc(C(=O)O)[nH]5)c4)cc3c2)c1. The first-order chi connectivity index (χ1) is 18.2. The van der Waals surface area contributed by atoms with Gasteiger partial charge in [-0.1, -0.05) is 45.0 Å². The zero-order chi connectivity index (χ0) is 26.9. The molecule has 5 rings (SSSR count). The summed E-state index contributed by atoms with van der Waals surface area (Å²) in [5.41, 5.74) is 2.84. The lowest BCUT2D eigenvalue weighted by atomic mass is 9.87. The largest absolute Gasteiger partial charge is 0.477 e. The number of aromatic nitrogens is 3. The molecule has 0 aliphatic carbocycles. The van der Waals surface area contributed by atoms with Crippen molar-refractivity contribution in [2.24, 2.45) is 0 Å². The molecule has 0 bridgehead atoms. The third kappa shape index (κ3) is 5.39. The molecule has 190 valence electrons. The number of hydrogen-bond acceptors (Lipinski definition) is 5. The van der Waals surface area contributed by atoms with E-state index in [1.165, 1.54) is 6.20 Å². The maximum Gasteiger partial charge on any atom is 0.353 e. The molecule has 8 nitrogen and oxygen atoms in total. The number of aromatic amines is 1. The molecule has 2 heterocycles. The first kappa shape index (κ1) is 24.7. The molecule has 0 spiro atoms. The molecule has 0 saturated heterocycles. The van der Waals surface area contributed by atoms with Crippen molar-refractivity contribution in [1.29, 1.82) is 0 Å². The lowest BCUT2D eigenvalue weighted by Crippen LogP contribution is -2.14. The summed E-state index contributed by atoms with van der Waals surface area (Å²) in [4.78, 5) is 35.2. The van der Waals surface area contributed by atoms with Crippen molar-refractivity contribution in [1.82, 2.24) is 15.0 Å². The van der Waals surface area contributed by atoms with Crippen molar-refractivity contribution in [3.63, 3.8) is 0 Å². The maximum atomic E-state index is 13.0. The van der Waals surface area contributed by atoms with Crippen LogP contribution in [0.4, 0.5) is 5.69 Å².